The second-order valence-electron chi connectivity index (χ2n) is 5.14. The van der Waals surface area contributed by atoms with E-state index in [0.717, 1.165) is 26.1 Å². The third-order valence-electron chi connectivity index (χ3n) is 3.59. The van der Waals surface area contributed by atoms with E-state index < -0.39 is 10.2 Å². The minimum absolute atomic E-state index is 0.566. The van der Waals surface area contributed by atoms with Crippen LogP contribution < -0.4 is 0 Å². The van der Waals surface area contributed by atoms with Crippen molar-refractivity contribution in [1.82, 2.24) is 18.5 Å². The van der Waals surface area contributed by atoms with Crippen LogP contribution in [0.15, 0.2) is 24.5 Å². The van der Waals surface area contributed by atoms with Gasteiger partial charge in [0, 0.05) is 59.2 Å². The van der Waals surface area contributed by atoms with E-state index in [9.17, 15) is 8.42 Å². The van der Waals surface area contributed by atoms with Crippen LogP contribution in [0, 0.1) is 0 Å². The summed E-state index contributed by atoms with van der Waals surface area (Å²) in [5.74, 6) is 0. The molecule has 0 aliphatic carbocycles. The number of nitrogens with zero attached hydrogens (tertiary/aromatic N) is 4. The van der Waals surface area contributed by atoms with Crippen LogP contribution in [-0.4, -0.2) is 73.7 Å². The Hall–Kier alpha value is -1.02. The molecule has 1 saturated heterocycles. The lowest BCUT2D eigenvalue weighted by atomic mass is 10.2. The van der Waals surface area contributed by atoms with Crippen molar-refractivity contribution in [1.29, 1.82) is 0 Å². The van der Waals surface area contributed by atoms with Crippen molar-refractivity contribution in [3.05, 3.63) is 30.1 Å². The molecule has 0 amide bonds. The minimum atomic E-state index is -3.26. The van der Waals surface area contributed by atoms with E-state index in [2.05, 4.69) is 9.88 Å². The van der Waals surface area contributed by atoms with Gasteiger partial charge in [-0.15, -0.1) is 0 Å². The molecule has 1 fully saturated rings. The quantitative estimate of drug-likeness (QED) is 0.771. The highest BCUT2D eigenvalue weighted by molar-refractivity contribution is 7.86. The zero-order valence-corrected chi connectivity index (χ0v) is 12.9. The largest absolute Gasteiger partial charge is 0.300 e. The Kier molecular flexibility index (Phi) is 5.09. The maximum absolute atomic E-state index is 12.0. The van der Waals surface area contributed by atoms with Gasteiger partial charge in [0.05, 0.1) is 0 Å². The van der Waals surface area contributed by atoms with Gasteiger partial charge in [-0.2, -0.15) is 17.0 Å². The predicted molar refractivity (Wildman–Crippen MR) is 78.6 cm³/mol. The van der Waals surface area contributed by atoms with E-state index >= 15 is 0 Å². The van der Waals surface area contributed by atoms with Crippen LogP contribution in [0.3, 0.4) is 0 Å². The molecular weight excluding hydrogens is 276 g/mol. The highest BCUT2D eigenvalue weighted by Crippen LogP contribution is 2.10. The topological polar surface area (TPSA) is 56.8 Å². The summed E-state index contributed by atoms with van der Waals surface area (Å²) < 4.78 is 26.8. The van der Waals surface area contributed by atoms with E-state index in [1.165, 1.54) is 9.87 Å². The molecule has 0 N–H and O–H groups in total. The molecule has 112 valence electrons. The van der Waals surface area contributed by atoms with E-state index in [4.69, 9.17) is 0 Å². The maximum Gasteiger partial charge on any atom is 0.281 e. The fourth-order valence-electron chi connectivity index (χ4n) is 2.25. The van der Waals surface area contributed by atoms with E-state index in [0.29, 0.717) is 13.1 Å². The Morgan fingerprint density at radius 3 is 2.30 bits per heavy atom. The van der Waals surface area contributed by atoms with Crippen molar-refractivity contribution in [3.63, 3.8) is 0 Å². The Bertz CT molecular complexity index is 510. The van der Waals surface area contributed by atoms with E-state index in [-0.39, 0.29) is 0 Å². The van der Waals surface area contributed by atoms with Gasteiger partial charge >= 0.3 is 0 Å². The molecular formula is C13H22N4O2S. The summed E-state index contributed by atoms with van der Waals surface area (Å²) in [6, 6.07) is 4.04. The van der Waals surface area contributed by atoms with Crippen LogP contribution in [-0.2, 0) is 16.6 Å². The van der Waals surface area contributed by atoms with Crippen LogP contribution in [0.1, 0.15) is 5.56 Å². The first-order valence-electron chi connectivity index (χ1n) is 6.79. The van der Waals surface area contributed by atoms with Gasteiger partial charge in [0.15, 0.2) is 0 Å². The first-order valence-corrected chi connectivity index (χ1v) is 8.18. The van der Waals surface area contributed by atoms with E-state index in [1.807, 2.05) is 12.1 Å². The molecule has 2 rings (SSSR count). The van der Waals surface area contributed by atoms with Gasteiger partial charge in [-0.05, 0) is 24.1 Å². The zero-order valence-electron chi connectivity index (χ0n) is 12.1. The van der Waals surface area contributed by atoms with Crippen molar-refractivity contribution < 1.29 is 8.42 Å². The highest BCUT2D eigenvalue weighted by Gasteiger charge is 2.28. The molecule has 0 saturated carbocycles. The first kappa shape index (κ1) is 15.4. The smallest absolute Gasteiger partial charge is 0.281 e. The number of pyridine rings is 1. The molecule has 0 aromatic carbocycles. The van der Waals surface area contributed by atoms with Crippen molar-refractivity contribution >= 4 is 10.2 Å². The third-order valence-corrected chi connectivity index (χ3v) is 5.53. The van der Waals surface area contributed by atoms with Crippen molar-refractivity contribution in [2.24, 2.45) is 0 Å². The minimum Gasteiger partial charge on any atom is -0.300 e. The molecule has 0 radical (unpaired) electrons. The summed E-state index contributed by atoms with van der Waals surface area (Å²) >= 11 is 0. The molecule has 1 aliphatic rings. The fourth-order valence-corrected chi connectivity index (χ4v) is 3.34. The zero-order chi connectivity index (χ0) is 14.6. The Labute approximate surface area is 121 Å². The molecule has 1 aromatic rings. The van der Waals surface area contributed by atoms with Gasteiger partial charge in [0.2, 0.25) is 0 Å². The van der Waals surface area contributed by atoms with Crippen LogP contribution in [0.4, 0.5) is 0 Å². The van der Waals surface area contributed by atoms with Crippen LogP contribution in [0.25, 0.3) is 0 Å². The Morgan fingerprint density at radius 2 is 1.75 bits per heavy atom. The standard InChI is InChI=1S/C13H22N4O2S/c1-15(2)20(18,19)17-11-9-16(10-12-17)8-5-13-3-6-14-7-4-13/h3-4,6-7H,5,8-12H2,1-2H3. The molecule has 2 heterocycles. The van der Waals surface area contributed by atoms with Crippen LogP contribution >= 0.6 is 0 Å². The molecule has 1 aliphatic heterocycles. The predicted octanol–water partition coefficient (Wildman–Crippen LogP) is 0.0481. The summed E-state index contributed by atoms with van der Waals surface area (Å²) in [4.78, 5) is 6.31. The maximum atomic E-state index is 12.0. The average Bonchev–Trinajstić information content (AvgIpc) is 2.46. The Balaban J connectivity index is 1.80. The van der Waals surface area contributed by atoms with Crippen LogP contribution in [0.2, 0.25) is 0 Å². The molecule has 0 atom stereocenters. The van der Waals surface area contributed by atoms with Crippen LogP contribution in [0.5, 0.6) is 0 Å². The van der Waals surface area contributed by atoms with Crippen molar-refractivity contribution in [3.8, 4) is 0 Å². The fraction of sp³-hybridized carbons (Fsp3) is 0.615. The van der Waals surface area contributed by atoms with Gasteiger partial charge in [-0.25, -0.2) is 0 Å². The van der Waals surface area contributed by atoms with Gasteiger partial charge in [0.1, 0.15) is 0 Å². The van der Waals surface area contributed by atoms with Gasteiger partial charge in [0.25, 0.3) is 10.2 Å². The average molecular weight is 298 g/mol. The highest BCUT2D eigenvalue weighted by atomic mass is 32.2. The van der Waals surface area contributed by atoms with Crippen molar-refractivity contribution in [2.75, 3.05) is 46.8 Å². The molecule has 1 aromatic heterocycles. The summed E-state index contributed by atoms with van der Waals surface area (Å²) in [5.41, 5.74) is 1.27. The van der Waals surface area contributed by atoms with Gasteiger partial charge < -0.3 is 4.90 Å². The Morgan fingerprint density at radius 1 is 1.15 bits per heavy atom. The first-order chi connectivity index (χ1) is 9.50. The third kappa shape index (κ3) is 3.76. The second-order valence-corrected chi connectivity index (χ2v) is 7.28. The molecule has 20 heavy (non-hydrogen) atoms. The second kappa shape index (κ2) is 6.62. The number of hydrogen-bond donors (Lipinski definition) is 0. The summed E-state index contributed by atoms with van der Waals surface area (Å²) in [6.07, 6.45) is 4.58. The molecule has 7 heteroatoms. The molecule has 0 bridgehead atoms. The van der Waals surface area contributed by atoms with Gasteiger partial charge in [-0.1, -0.05) is 0 Å². The summed E-state index contributed by atoms with van der Waals surface area (Å²) in [6.45, 7) is 3.67. The number of piperazine rings is 1. The summed E-state index contributed by atoms with van der Waals surface area (Å²) in [7, 11) is -0.110. The monoisotopic (exact) mass is 298 g/mol. The normalized spacial score (nSPS) is 18.6. The lowest BCUT2D eigenvalue weighted by Crippen LogP contribution is -2.51. The van der Waals surface area contributed by atoms with Crippen molar-refractivity contribution in [2.45, 2.75) is 6.42 Å². The number of aromatic nitrogens is 1. The number of rotatable bonds is 5. The van der Waals surface area contributed by atoms with E-state index in [1.54, 1.807) is 30.8 Å². The van der Waals surface area contributed by atoms with Gasteiger partial charge in [-0.3, -0.25) is 4.98 Å². The lowest BCUT2D eigenvalue weighted by Gasteiger charge is -2.35. The molecule has 0 spiro atoms. The molecule has 6 nitrogen and oxygen atoms in total. The SMILES string of the molecule is CN(C)S(=O)(=O)N1CCN(CCc2ccncc2)CC1. The molecule has 0 unspecified atom stereocenters. The number of hydrogen-bond acceptors (Lipinski definition) is 4. The summed E-state index contributed by atoms with van der Waals surface area (Å²) in [5, 5.41) is 0. The lowest BCUT2D eigenvalue weighted by molar-refractivity contribution is 0.185.